The second-order valence-corrected chi connectivity index (χ2v) is 5.70. The minimum atomic E-state index is 0.442. The van der Waals surface area contributed by atoms with Crippen LogP contribution in [0.25, 0.3) is 11.0 Å². The van der Waals surface area contributed by atoms with Crippen LogP contribution in [0.2, 0.25) is 0 Å². The number of para-hydroxylation sites is 1. The van der Waals surface area contributed by atoms with Gasteiger partial charge in [-0.3, -0.25) is 0 Å². The highest BCUT2D eigenvalue weighted by Gasteiger charge is 2.41. The highest BCUT2D eigenvalue weighted by molar-refractivity contribution is 6.16. The van der Waals surface area contributed by atoms with Crippen LogP contribution in [0.5, 0.6) is 5.75 Å². The first-order chi connectivity index (χ1) is 9.23. The Morgan fingerprint density at radius 1 is 1.42 bits per heavy atom. The van der Waals surface area contributed by atoms with Crippen molar-refractivity contribution >= 4 is 22.6 Å². The SMILES string of the molecule is CCC1(Cn2c(CCl)nc3c(OC)cccc32)CC1. The molecule has 0 unspecified atom stereocenters. The molecule has 0 spiro atoms. The fourth-order valence-electron chi connectivity index (χ4n) is 2.75. The Balaban J connectivity index is 2.11. The van der Waals surface area contributed by atoms with Crippen LogP contribution in [0.3, 0.4) is 0 Å². The van der Waals surface area contributed by atoms with Gasteiger partial charge in [0.25, 0.3) is 0 Å². The van der Waals surface area contributed by atoms with Crippen LogP contribution in [0, 0.1) is 5.41 Å². The molecule has 4 heteroatoms. The zero-order chi connectivity index (χ0) is 13.5. The van der Waals surface area contributed by atoms with Gasteiger partial charge in [-0.05, 0) is 36.8 Å². The zero-order valence-electron chi connectivity index (χ0n) is 11.4. The maximum atomic E-state index is 6.07. The molecule has 0 saturated heterocycles. The Kier molecular flexibility index (Phi) is 3.17. The minimum absolute atomic E-state index is 0.442. The lowest BCUT2D eigenvalue weighted by molar-refractivity contribution is 0.409. The maximum Gasteiger partial charge on any atom is 0.146 e. The van der Waals surface area contributed by atoms with E-state index in [0.717, 1.165) is 29.2 Å². The van der Waals surface area contributed by atoms with Gasteiger partial charge in [0.1, 0.15) is 17.1 Å². The smallest absolute Gasteiger partial charge is 0.146 e. The summed E-state index contributed by atoms with van der Waals surface area (Å²) in [6.45, 7) is 3.29. The Bertz CT molecular complexity index is 601. The van der Waals surface area contributed by atoms with Crippen molar-refractivity contribution in [1.29, 1.82) is 0 Å². The molecule has 0 atom stereocenters. The number of rotatable bonds is 5. The zero-order valence-corrected chi connectivity index (χ0v) is 12.2. The normalized spacial score (nSPS) is 16.8. The average molecular weight is 279 g/mol. The molecule has 0 aliphatic heterocycles. The van der Waals surface area contributed by atoms with Crippen molar-refractivity contribution in [3.63, 3.8) is 0 Å². The largest absolute Gasteiger partial charge is 0.494 e. The summed E-state index contributed by atoms with van der Waals surface area (Å²) in [4.78, 5) is 4.65. The molecule has 1 heterocycles. The first-order valence-electron chi connectivity index (χ1n) is 6.81. The summed E-state index contributed by atoms with van der Waals surface area (Å²) in [6, 6.07) is 6.07. The molecule has 2 aromatic rings. The molecule has 1 aliphatic rings. The quantitative estimate of drug-likeness (QED) is 0.774. The first kappa shape index (κ1) is 12.8. The van der Waals surface area contributed by atoms with Gasteiger partial charge in [0.05, 0.1) is 18.5 Å². The lowest BCUT2D eigenvalue weighted by Gasteiger charge is -2.16. The summed E-state index contributed by atoms with van der Waals surface area (Å²) in [6.07, 6.45) is 3.85. The van der Waals surface area contributed by atoms with E-state index in [2.05, 4.69) is 22.5 Å². The van der Waals surface area contributed by atoms with Crippen molar-refractivity contribution in [2.24, 2.45) is 5.41 Å². The van der Waals surface area contributed by atoms with Gasteiger partial charge in [-0.25, -0.2) is 4.98 Å². The Morgan fingerprint density at radius 2 is 2.21 bits per heavy atom. The number of alkyl halides is 1. The summed E-state index contributed by atoms with van der Waals surface area (Å²) in [5, 5.41) is 0. The van der Waals surface area contributed by atoms with E-state index >= 15 is 0 Å². The summed E-state index contributed by atoms with van der Waals surface area (Å²) >= 11 is 6.07. The minimum Gasteiger partial charge on any atom is -0.494 e. The van der Waals surface area contributed by atoms with E-state index in [1.165, 1.54) is 19.3 Å². The average Bonchev–Trinajstić information content (AvgIpc) is 3.14. The molecular weight excluding hydrogens is 260 g/mol. The third kappa shape index (κ3) is 2.10. The van der Waals surface area contributed by atoms with Crippen LogP contribution >= 0.6 is 11.6 Å². The van der Waals surface area contributed by atoms with E-state index < -0.39 is 0 Å². The number of aromatic nitrogens is 2. The lowest BCUT2D eigenvalue weighted by Crippen LogP contribution is -2.12. The second kappa shape index (κ2) is 4.71. The highest BCUT2D eigenvalue weighted by atomic mass is 35.5. The van der Waals surface area contributed by atoms with Crippen molar-refractivity contribution < 1.29 is 4.74 Å². The van der Waals surface area contributed by atoms with Crippen LogP contribution in [0.1, 0.15) is 32.0 Å². The Labute approximate surface area is 118 Å². The fourth-order valence-corrected chi connectivity index (χ4v) is 2.95. The molecule has 1 aromatic carbocycles. The predicted molar refractivity (Wildman–Crippen MR) is 77.8 cm³/mol. The second-order valence-electron chi connectivity index (χ2n) is 5.43. The molecule has 0 amide bonds. The van der Waals surface area contributed by atoms with Crippen LogP contribution in [-0.2, 0) is 12.4 Å². The monoisotopic (exact) mass is 278 g/mol. The molecular formula is C15H19ClN2O. The molecule has 0 bridgehead atoms. The van der Waals surface area contributed by atoms with Crippen molar-refractivity contribution in [3.05, 3.63) is 24.0 Å². The van der Waals surface area contributed by atoms with Gasteiger partial charge in [-0.2, -0.15) is 0 Å². The van der Waals surface area contributed by atoms with Gasteiger partial charge in [-0.1, -0.05) is 13.0 Å². The van der Waals surface area contributed by atoms with Crippen molar-refractivity contribution in [1.82, 2.24) is 9.55 Å². The molecule has 3 nitrogen and oxygen atoms in total. The number of methoxy groups -OCH3 is 1. The van der Waals surface area contributed by atoms with Crippen molar-refractivity contribution in [3.8, 4) is 5.75 Å². The number of fused-ring (bicyclic) bond motifs is 1. The molecule has 1 aromatic heterocycles. The lowest BCUT2D eigenvalue weighted by atomic mass is 10.0. The number of halogens is 1. The van der Waals surface area contributed by atoms with Crippen LogP contribution in [0.15, 0.2) is 18.2 Å². The molecule has 1 aliphatic carbocycles. The fraction of sp³-hybridized carbons (Fsp3) is 0.533. The first-order valence-corrected chi connectivity index (χ1v) is 7.34. The van der Waals surface area contributed by atoms with Crippen LogP contribution in [-0.4, -0.2) is 16.7 Å². The van der Waals surface area contributed by atoms with E-state index in [4.69, 9.17) is 16.3 Å². The summed E-state index contributed by atoms with van der Waals surface area (Å²) in [5.74, 6) is 2.21. The molecule has 19 heavy (non-hydrogen) atoms. The summed E-state index contributed by atoms with van der Waals surface area (Å²) in [5.41, 5.74) is 2.53. The van der Waals surface area contributed by atoms with E-state index in [0.29, 0.717) is 11.3 Å². The van der Waals surface area contributed by atoms with Gasteiger partial charge >= 0.3 is 0 Å². The number of hydrogen-bond acceptors (Lipinski definition) is 2. The summed E-state index contributed by atoms with van der Waals surface area (Å²) in [7, 11) is 1.68. The third-order valence-corrected chi connectivity index (χ3v) is 4.60. The van der Waals surface area contributed by atoms with E-state index in [9.17, 15) is 0 Å². The Hall–Kier alpha value is -1.22. The van der Waals surface area contributed by atoms with Gasteiger partial charge < -0.3 is 9.30 Å². The standard InChI is InChI=1S/C15H19ClN2O/c1-3-15(7-8-15)10-18-11-5-4-6-12(19-2)14(11)17-13(18)9-16/h4-6H,3,7-10H2,1-2H3. The van der Waals surface area contributed by atoms with Crippen LogP contribution in [0.4, 0.5) is 0 Å². The Morgan fingerprint density at radius 3 is 2.79 bits per heavy atom. The highest BCUT2D eigenvalue weighted by Crippen LogP contribution is 2.50. The van der Waals surface area contributed by atoms with Gasteiger partial charge in [0, 0.05) is 6.54 Å². The predicted octanol–water partition coefficient (Wildman–Crippen LogP) is 3.97. The third-order valence-electron chi connectivity index (χ3n) is 4.36. The van der Waals surface area contributed by atoms with Gasteiger partial charge in [0.2, 0.25) is 0 Å². The summed E-state index contributed by atoms with van der Waals surface area (Å²) < 4.78 is 7.67. The topological polar surface area (TPSA) is 27.1 Å². The van der Waals surface area contributed by atoms with E-state index in [1.807, 2.05) is 12.1 Å². The molecule has 0 N–H and O–H groups in total. The molecule has 0 radical (unpaired) electrons. The van der Waals surface area contributed by atoms with Gasteiger partial charge in [-0.15, -0.1) is 11.6 Å². The number of ether oxygens (including phenoxy) is 1. The molecule has 3 rings (SSSR count). The van der Waals surface area contributed by atoms with Gasteiger partial charge in [0.15, 0.2) is 0 Å². The number of imidazole rings is 1. The molecule has 1 fully saturated rings. The number of nitrogens with zero attached hydrogens (tertiary/aromatic N) is 2. The van der Waals surface area contributed by atoms with E-state index in [-0.39, 0.29) is 0 Å². The van der Waals surface area contributed by atoms with Crippen molar-refractivity contribution in [2.75, 3.05) is 7.11 Å². The maximum absolute atomic E-state index is 6.07. The number of benzene rings is 1. The van der Waals surface area contributed by atoms with Crippen molar-refractivity contribution in [2.45, 2.75) is 38.6 Å². The van der Waals surface area contributed by atoms with Crippen LogP contribution < -0.4 is 4.74 Å². The molecule has 102 valence electrons. The molecule has 1 saturated carbocycles. The van der Waals surface area contributed by atoms with E-state index in [1.54, 1.807) is 7.11 Å². The number of hydrogen-bond donors (Lipinski definition) is 0.